The summed E-state index contributed by atoms with van der Waals surface area (Å²) in [6.45, 7) is -1.63. The van der Waals surface area contributed by atoms with Gasteiger partial charge in [-0.25, -0.2) is 18.8 Å². The van der Waals surface area contributed by atoms with Gasteiger partial charge in [0.2, 0.25) is 5.43 Å². The average Bonchev–Trinajstić information content (AvgIpc) is 3.64. The second-order valence-electron chi connectivity index (χ2n) is 9.70. The Bertz CT molecular complexity index is 1410. The number of alkyl halides is 2. The van der Waals surface area contributed by atoms with Crippen LogP contribution in [0.3, 0.4) is 0 Å². The number of hydrogen-bond acceptors (Lipinski definition) is 8. The molecule has 3 aliphatic rings. The van der Waals surface area contributed by atoms with Crippen LogP contribution >= 0.6 is 0 Å². The fourth-order valence-corrected chi connectivity index (χ4v) is 5.21. The molecule has 12 nitrogen and oxygen atoms in total. The number of nitrogens with one attached hydrogen (secondary N) is 1. The summed E-state index contributed by atoms with van der Waals surface area (Å²) in [6, 6.07) is -0.128. The van der Waals surface area contributed by atoms with Gasteiger partial charge >= 0.3 is 24.5 Å². The molecule has 2 aliphatic heterocycles. The zero-order chi connectivity index (χ0) is 29.3. The summed E-state index contributed by atoms with van der Waals surface area (Å²) in [5.74, 6) is -5.31. The van der Waals surface area contributed by atoms with Crippen LogP contribution in [0.4, 0.5) is 24.5 Å². The third-order valence-corrected chi connectivity index (χ3v) is 7.04. The van der Waals surface area contributed by atoms with Crippen LogP contribution in [0.5, 0.6) is 5.75 Å². The predicted molar refractivity (Wildman–Crippen MR) is 136 cm³/mol. The van der Waals surface area contributed by atoms with Crippen molar-refractivity contribution in [2.24, 2.45) is 5.92 Å². The van der Waals surface area contributed by atoms with Gasteiger partial charge in [0.05, 0.1) is 16.6 Å². The van der Waals surface area contributed by atoms with E-state index in [2.05, 4.69) is 5.32 Å². The highest BCUT2D eigenvalue weighted by molar-refractivity contribution is 6.03. The maximum atomic E-state index is 15.6. The smallest absolute Gasteiger partial charge is 0.387 e. The molecule has 6 N–H and O–H groups in total. The molecule has 0 radical (unpaired) electrons. The number of anilines is 2. The average molecular weight is 569 g/mol. The summed E-state index contributed by atoms with van der Waals surface area (Å²) >= 11 is 0. The molecule has 0 spiro atoms. The molecule has 1 aliphatic carbocycles. The second kappa shape index (κ2) is 11.5. The molecule has 40 heavy (non-hydrogen) atoms. The summed E-state index contributed by atoms with van der Waals surface area (Å²) in [7, 11) is 0. The second-order valence-corrected chi connectivity index (χ2v) is 9.70. The summed E-state index contributed by atoms with van der Waals surface area (Å²) in [6.07, 6.45) is 5.46. The minimum atomic E-state index is -3.27. The van der Waals surface area contributed by atoms with Gasteiger partial charge in [0.15, 0.2) is 11.6 Å². The fourth-order valence-electron chi connectivity index (χ4n) is 5.21. The molecule has 0 amide bonds. The molecule has 3 heterocycles. The lowest BCUT2D eigenvalue weighted by Crippen LogP contribution is -2.40. The van der Waals surface area contributed by atoms with E-state index >= 15 is 4.39 Å². The number of aliphatic carboxylic acids is 2. The lowest BCUT2D eigenvalue weighted by atomic mass is 9.94. The van der Waals surface area contributed by atoms with E-state index in [4.69, 9.17) is 20.7 Å². The molecular formula is C25H27F3N4O8. The van der Waals surface area contributed by atoms with Crippen molar-refractivity contribution in [1.82, 2.24) is 9.88 Å². The lowest BCUT2D eigenvalue weighted by Gasteiger charge is -2.26. The minimum absolute atomic E-state index is 0.0829. The Morgan fingerprint density at radius 3 is 2.27 bits per heavy atom. The Kier molecular flexibility index (Phi) is 8.23. The molecule has 2 saturated heterocycles. The van der Waals surface area contributed by atoms with Crippen LogP contribution in [0, 0.1) is 11.7 Å². The largest absolute Gasteiger partial charge is 0.478 e. The number of carboxylic acid groups (broad SMARTS) is 3. The number of nitrogen functional groups attached to an aromatic ring is 1. The molecule has 0 unspecified atom stereocenters. The van der Waals surface area contributed by atoms with Crippen molar-refractivity contribution >= 4 is 40.2 Å². The Balaban J connectivity index is 0.000000406. The molecule has 2 atom stereocenters. The predicted octanol–water partition coefficient (Wildman–Crippen LogP) is 2.26. The molecule has 5 rings (SSSR count). The Morgan fingerprint density at radius 1 is 1.10 bits per heavy atom. The number of fused-ring (bicyclic) bond motifs is 2. The molecule has 216 valence electrons. The van der Waals surface area contributed by atoms with Crippen LogP contribution in [0.2, 0.25) is 0 Å². The number of benzene rings is 1. The van der Waals surface area contributed by atoms with E-state index < -0.39 is 58.2 Å². The van der Waals surface area contributed by atoms with Gasteiger partial charge in [0, 0.05) is 43.5 Å². The third kappa shape index (κ3) is 5.83. The van der Waals surface area contributed by atoms with Crippen LogP contribution < -0.4 is 26.1 Å². The lowest BCUT2D eigenvalue weighted by molar-refractivity contribution is -0.134. The van der Waals surface area contributed by atoms with E-state index in [0.29, 0.717) is 38.1 Å². The maximum absolute atomic E-state index is 15.6. The van der Waals surface area contributed by atoms with Gasteiger partial charge in [-0.2, -0.15) is 8.78 Å². The standard InChI is InChI=1S/C21H23F3N4O4.C4H4O4/c22-14-15(25)13-16(28(10-3-4-10)7-11(18(13)29)20(30)31)19(32-21(23)24)17(14)27-6-9-2-1-5-26-12(9)8-27;5-3(6)1-2-4(7)8/h7,9-10,12,21,26H,1-6,8,25H2,(H,30,31);1-2H,(H,5,6)(H,7,8)/t9-,12+;/m1./s1. The number of carboxylic acids is 3. The number of carbonyl (C=O) groups is 3. The van der Waals surface area contributed by atoms with Crippen LogP contribution in [0.15, 0.2) is 23.1 Å². The number of nitrogens with zero attached hydrogens (tertiary/aromatic N) is 2. The first-order valence-electron chi connectivity index (χ1n) is 12.4. The number of piperidine rings is 1. The summed E-state index contributed by atoms with van der Waals surface area (Å²) < 4.78 is 48.9. The molecular weight excluding hydrogens is 541 g/mol. The van der Waals surface area contributed by atoms with Crippen molar-refractivity contribution in [2.45, 2.75) is 44.4 Å². The van der Waals surface area contributed by atoms with Gasteiger partial charge in [-0.05, 0) is 38.1 Å². The van der Waals surface area contributed by atoms with E-state index in [-0.39, 0.29) is 29.2 Å². The highest BCUT2D eigenvalue weighted by Gasteiger charge is 2.39. The molecule has 1 saturated carbocycles. The molecule has 3 fully saturated rings. The molecule has 0 bridgehead atoms. The monoisotopic (exact) mass is 568 g/mol. The normalized spacial score (nSPS) is 20.4. The minimum Gasteiger partial charge on any atom is -0.478 e. The molecule has 2 aromatic rings. The van der Waals surface area contributed by atoms with Crippen LogP contribution in [0.1, 0.15) is 42.1 Å². The van der Waals surface area contributed by atoms with Crippen molar-refractivity contribution in [3.8, 4) is 5.75 Å². The van der Waals surface area contributed by atoms with Crippen LogP contribution in [-0.2, 0) is 9.59 Å². The number of halogens is 3. The Morgan fingerprint density at radius 2 is 1.75 bits per heavy atom. The number of pyridine rings is 1. The number of nitrogens with two attached hydrogens (primary N) is 1. The summed E-state index contributed by atoms with van der Waals surface area (Å²) in [5, 5.41) is 28.0. The van der Waals surface area contributed by atoms with Gasteiger partial charge in [-0.1, -0.05) is 0 Å². The summed E-state index contributed by atoms with van der Waals surface area (Å²) in [5.41, 5.74) is 3.56. The zero-order valence-electron chi connectivity index (χ0n) is 21.0. The molecule has 15 heteroatoms. The quantitative estimate of drug-likeness (QED) is 0.244. The van der Waals surface area contributed by atoms with Crippen molar-refractivity contribution < 1.29 is 47.6 Å². The molecule has 1 aromatic heterocycles. The van der Waals surface area contributed by atoms with Crippen molar-refractivity contribution in [3.05, 3.63) is 40.0 Å². The highest BCUT2D eigenvalue weighted by Crippen LogP contribution is 2.47. The summed E-state index contributed by atoms with van der Waals surface area (Å²) in [4.78, 5) is 45.3. The van der Waals surface area contributed by atoms with E-state index in [1.54, 1.807) is 4.90 Å². The van der Waals surface area contributed by atoms with E-state index in [9.17, 15) is 33.1 Å². The van der Waals surface area contributed by atoms with Crippen LogP contribution in [0.25, 0.3) is 10.9 Å². The first-order chi connectivity index (χ1) is 18.9. The van der Waals surface area contributed by atoms with E-state index in [1.165, 1.54) is 4.57 Å². The number of hydrogen-bond donors (Lipinski definition) is 5. The van der Waals surface area contributed by atoms with Crippen LogP contribution in [-0.4, -0.2) is 70.1 Å². The van der Waals surface area contributed by atoms with Crippen molar-refractivity contribution in [3.63, 3.8) is 0 Å². The SMILES string of the molecule is Nc1c(F)c(N2C[C@H]3CCCN[C@H]3C2)c(OC(F)F)c2c1c(=O)c(C(=O)O)cn2C1CC1.O=C(O)C=CC(=O)O. The van der Waals surface area contributed by atoms with E-state index in [1.807, 2.05) is 0 Å². The first-order valence-corrected chi connectivity index (χ1v) is 12.4. The fraction of sp³-hybridized carbons (Fsp3) is 0.440. The molecule has 1 aromatic carbocycles. The topological polar surface area (TPSA) is 184 Å². The van der Waals surface area contributed by atoms with Crippen molar-refractivity contribution in [1.29, 1.82) is 0 Å². The zero-order valence-corrected chi connectivity index (χ0v) is 21.0. The highest BCUT2D eigenvalue weighted by atomic mass is 19.3. The first kappa shape index (κ1) is 28.7. The number of aromatic nitrogens is 1. The number of aromatic carboxylic acids is 1. The van der Waals surface area contributed by atoms with E-state index in [0.717, 1.165) is 25.6 Å². The van der Waals surface area contributed by atoms with Gasteiger partial charge in [0.1, 0.15) is 11.3 Å². The van der Waals surface area contributed by atoms with Gasteiger partial charge in [-0.3, -0.25) is 4.79 Å². The van der Waals surface area contributed by atoms with Crippen molar-refractivity contribution in [2.75, 3.05) is 30.3 Å². The third-order valence-electron chi connectivity index (χ3n) is 7.04. The Labute approximate surface area is 224 Å². The van der Waals surface area contributed by atoms with Gasteiger partial charge in [-0.15, -0.1) is 0 Å². The number of ether oxygens (including phenoxy) is 1. The number of rotatable bonds is 7. The Hall–Kier alpha value is -4.27. The van der Waals surface area contributed by atoms with Gasteiger partial charge < -0.3 is 40.6 Å². The maximum Gasteiger partial charge on any atom is 0.387 e. The van der Waals surface area contributed by atoms with Gasteiger partial charge in [0.25, 0.3) is 0 Å².